The summed E-state index contributed by atoms with van der Waals surface area (Å²) in [6.45, 7) is 2.44. The number of amides is 1. The van der Waals surface area contributed by atoms with Crippen LogP contribution < -0.4 is 11.3 Å². The summed E-state index contributed by atoms with van der Waals surface area (Å²) in [5.41, 5.74) is 2.10. The molecule has 1 rings (SSSR count). The van der Waals surface area contributed by atoms with Crippen molar-refractivity contribution in [1.29, 1.82) is 0 Å². The van der Waals surface area contributed by atoms with Crippen LogP contribution in [0.25, 0.3) is 0 Å². The van der Waals surface area contributed by atoms with Gasteiger partial charge in [-0.2, -0.15) is 11.8 Å². The number of rotatable bonds is 4. The Morgan fingerprint density at radius 1 is 1.65 bits per heavy atom. The first-order valence-electron chi connectivity index (χ1n) is 5.44. The van der Waals surface area contributed by atoms with E-state index in [9.17, 15) is 13.2 Å². The first-order valence-corrected chi connectivity index (χ1v) is 8.55. The van der Waals surface area contributed by atoms with Crippen molar-refractivity contribution in [2.45, 2.75) is 24.8 Å². The molecule has 1 heterocycles. The number of sulfone groups is 1. The molecule has 1 saturated heterocycles. The molecule has 8 heteroatoms. The quantitative estimate of drug-likeness (QED) is 0.397. The van der Waals surface area contributed by atoms with Gasteiger partial charge in [-0.25, -0.2) is 14.3 Å². The van der Waals surface area contributed by atoms with E-state index in [1.807, 2.05) is 6.92 Å². The summed E-state index contributed by atoms with van der Waals surface area (Å²) in [5, 5.41) is -0.594. The number of hydrogen-bond acceptors (Lipinski definition) is 6. The molecule has 0 spiro atoms. The third-order valence-electron chi connectivity index (χ3n) is 2.85. The molecule has 17 heavy (non-hydrogen) atoms. The molecule has 0 bridgehead atoms. The molecule has 6 nitrogen and oxygen atoms in total. The van der Waals surface area contributed by atoms with Gasteiger partial charge in [-0.05, 0) is 6.42 Å². The maximum Gasteiger partial charge on any atom is 0.251 e. The lowest BCUT2D eigenvalue weighted by Crippen LogP contribution is -2.57. The predicted octanol–water partition coefficient (Wildman–Crippen LogP) is -0.826. The van der Waals surface area contributed by atoms with Crippen molar-refractivity contribution in [3.8, 4) is 0 Å². The molecule has 1 amide bonds. The van der Waals surface area contributed by atoms with Gasteiger partial charge in [-0.1, -0.05) is 6.92 Å². The Morgan fingerprint density at radius 2 is 2.29 bits per heavy atom. The highest BCUT2D eigenvalue weighted by atomic mass is 32.2. The average Bonchev–Trinajstić information content (AvgIpc) is 2.29. The molecular weight excluding hydrogens is 262 g/mol. The highest BCUT2D eigenvalue weighted by Gasteiger charge is 2.37. The van der Waals surface area contributed by atoms with E-state index in [-0.39, 0.29) is 5.91 Å². The van der Waals surface area contributed by atoms with E-state index in [0.717, 1.165) is 5.75 Å². The summed E-state index contributed by atoms with van der Waals surface area (Å²) in [6.07, 6.45) is 1.75. The second-order valence-corrected chi connectivity index (χ2v) is 7.38. The van der Waals surface area contributed by atoms with E-state index >= 15 is 0 Å². The molecular formula is C9H19N3O3S2. The molecule has 0 aromatic carbocycles. The van der Waals surface area contributed by atoms with Crippen molar-refractivity contribution in [1.82, 2.24) is 10.3 Å². The van der Waals surface area contributed by atoms with Gasteiger partial charge in [0, 0.05) is 24.3 Å². The fraction of sp³-hybridized carbons (Fsp3) is 0.889. The Balaban J connectivity index is 2.94. The molecule has 1 aliphatic rings. The molecule has 1 aliphatic heterocycles. The van der Waals surface area contributed by atoms with E-state index in [1.54, 1.807) is 16.7 Å². The SMILES string of the molecule is CCC(C(=O)NN)N1CCSCC1S(C)(=O)=O. The van der Waals surface area contributed by atoms with Crippen LogP contribution in [0.15, 0.2) is 0 Å². The van der Waals surface area contributed by atoms with Crippen LogP contribution in [0.1, 0.15) is 13.3 Å². The monoisotopic (exact) mass is 281 g/mol. The number of nitrogens with zero attached hydrogens (tertiary/aromatic N) is 1. The Labute approximate surface area is 106 Å². The Bertz CT molecular complexity index is 372. The second-order valence-electron chi connectivity index (χ2n) is 4.03. The van der Waals surface area contributed by atoms with Crippen molar-refractivity contribution in [3.05, 3.63) is 0 Å². The van der Waals surface area contributed by atoms with Crippen LogP contribution in [-0.2, 0) is 14.6 Å². The largest absolute Gasteiger partial charge is 0.293 e. The maximum absolute atomic E-state index is 11.7. The van der Waals surface area contributed by atoms with Gasteiger partial charge in [0.15, 0.2) is 9.84 Å². The van der Waals surface area contributed by atoms with Crippen molar-refractivity contribution < 1.29 is 13.2 Å². The number of hydrazine groups is 1. The molecule has 3 N–H and O–H groups in total. The minimum absolute atomic E-state index is 0.326. The molecule has 0 saturated carbocycles. The highest BCUT2D eigenvalue weighted by Crippen LogP contribution is 2.23. The van der Waals surface area contributed by atoms with Gasteiger partial charge in [0.1, 0.15) is 5.37 Å². The summed E-state index contributed by atoms with van der Waals surface area (Å²) in [5.74, 6) is 6.14. The van der Waals surface area contributed by atoms with Crippen molar-refractivity contribution in [2.75, 3.05) is 24.3 Å². The van der Waals surface area contributed by atoms with Crippen LogP contribution in [0.4, 0.5) is 0 Å². The number of carbonyl (C=O) groups excluding carboxylic acids is 1. The third kappa shape index (κ3) is 3.57. The highest BCUT2D eigenvalue weighted by molar-refractivity contribution is 8.00. The second kappa shape index (κ2) is 6.03. The first kappa shape index (κ1) is 14.7. The summed E-state index contributed by atoms with van der Waals surface area (Å²) < 4.78 is 23.4. The molecule has 0 aromatic heterocycles. The van der Waals surface area contributed by atoms with Gasteiger partial charge in [0.2, 0.25) is 0 Å². The van der Waals surface area contributed by atoms with Gasteiger partial charge in [0.25, 0.3) is 5.91 Å². The number of nitrogens with two attached hydrogens (primary N) is 1. The summed E-state index contributed by atoms with van der Waals surface area (Å²) in [4.78, 5) is 13.4. The molecule has 0 radical (unpaired) electrons. The fourth-order valence-corrected chi connectivity index (χ4v) is 4.91. The van der Waals surface area contributed by atoms with Gasteiger partial charge < -0.3 is 0 Å². The Hall–Kier alpha value is -0.310. The molecule has 2 atom stereocenters. The predicted molar refractivity (Wildman–Crippen MR) is 69.1 cm³/mol. The normalized spacial score (nSPS) is 24.3. The first-order chi connectivity index (χ1) is 7.91. The number of thioether (sulfide) groups is 1. The zero-order valence-corrected chi connectivity index (χ0v) is 11.7. The van der Waals surface area contributed by atoms with Crippen LogP contribution in [0.3, 0.4) is 0 Å². The van der Waals surface area contributed by atoms with Crippen LogP contribution in [0.2, 0.25) is 0 Å². The van der Waals surface area contributed by atoms with Gasteiger partial charge >= 0.3 is 0 Å². The lowest BCUT2D eigenvalue weighted by molar-refractivity contribution is -0.126. The van der Waals surface area contributed by atoms with Gasteiger partial charge in [-0.15, -0.1) is 0 Å². The summed E-state index contributed by atoms with van der Waals surface area (Å²) in [6, 6.07) is -0.472. The molecule has 100 valence electrons. The maximum atomic E-state index is 11.7. The third-order valence-corrected chi connectivity index (χ3v) is 5.51. The van der Waals surface area contributed by atoms with Gasteiger partial charge in [0.05, 0.1) is 6.04 Å². The minimum Gasteiger partial charge on any atom is -0.293 e. The average molecular weight is 281 g/mol. The molecule has 0 aromatic rings. The van der Waals surface area contributed by atoms with Crippen LogP contribution in [0.5, 0.6) is 0 Å². The summed E-state index contributed by atoms with van der Waals surface area (Å²) >= 11 is 1.60. The smallest absolute Gasteiger partial charge is 0.251 e. The lowest BCUT2D eigenvalue weighted by Gasteiger charge is -2.38. The number of nitrogens with one attached hydrogen (secondary N) is 1. The van der Waals surface area contributed by atoms with Crippen molar-refractivity contribution in [2.24, 2.45) is 5.84 Å². The number of carbonyl (C=O) groups is 1. The van der Waals surface area contributed by atoms with E-state index < -0.39 is 21.3 Å². The Kier molecular flexibility index (Phi) is 5.23. The zero-order chi connectivity index (χ0) is 13.1. The van der Waals surface area contributed by atoms with Crippen molar-refractivity contribution >= 4 is 27.5 Å². The number of hydrogen-bond donors (Lipinski definition) is 2. The van der Waals surface area contributed by atoms with E-state index in [1.165, 1.54) is 6.26 Å². The van der Waals surface area contributed by atoms with Crippen molar-refractivity contribution in [3.63, 3.8) is 0 Å². The molecule has 0 aliphatic carbocycles. The summed E-state index contributed by atoms with van der Waals surface area (Å²) in [7, 11) is -3.19. The van der Waals surface area contributed by atoms with E-state index in [4.69, 9.17) is 5.84 Å². The fourth-order valence-electron chi connectivity index (χ4n) is 1.99. The van der Waals surface area contributed by atoms with Crippen LogP contribution in [-0.4, -0.2) is 54.9 Å². The standard InChI is InChI=1S/C9H19N3O3S2/c1-3-7(9(13)11-10)12-4-5-16-6-8(12)17(2,14)15/h7-8H,3-6,10H2,1-2H3,(H,11,13). The zero-order valence-electron chi connectivity index (χ0n) is 10.0. The molecule has 2 unspecified atom stereocenters. The molecule has 1 fully saturated rings. The van der Waals surface area contributed by atoms with Crippen LogP contribution in [0, 0.1) is 0 Å². The van der Waals surface area contributed by atoms with E-state index in [2.05, 4.69) is 5.43 Å². The minimum atomic E-state index is -3.19. The van der Waals surface area contributed by atoms with Crippen LogP contribution >= 0.6 is 11.8 Å². The van der Waals surface area contributed by atoms with Gasteiger partial charge in [-0.3, -0.25) is 15.1 Å². The topological polar surface area (TPSA) is 92.5 Å². The van der Waals surface area contributed by atoms with E-state index in [0.29, 0.717) is 18.7 Å². The Morgan fingerprint density at radius 3 is 2.76 bits per heavy atom. The lowest BCUT2D eigenvalue weighted by atomic mass is 10.2.